The van der Waals surface area contributed by atoms with Crippen LogP contribution in [0.25, 0.3) is 0 Å². The van der Waals surface area contributed by atoms with E-state index in [1.807, 2.05) is 55.5 Å². The number of benzene rings is 2. The van der Waals surface area contributed by atoms with E-state index in [0.29, 0.717) is 18.1 Å². The molecule has 1 heterocycles. The number of carbonyl (C=O) groups is 1. The second kappa shape index (κ2) is 7.42. The topological polar surface area (TPSA) is 29.5 Å². The largest absolute Gasteiger partial charge is 0.488 e. The number of nitrogens with zero attached hydrogens (tertiary/aromatic N) is 1. The maximum Gasteiger partial charge on any atom is 0.299 e. The molecule has 1 amide bonds. The monoisotopic (exact) mass is 339 g/mol. The van der Waals surface area contributed by atoms with E-state index in [4.69, 9.17) is 16.3 Å². The Hall–Kier alpha value is -2.44. The molecule has 3 nitrogen and oxygen atoms in total. The Balaban J connectivity index is 1.83. The Morgan fingerprint density at radius 1 is 1.29 bits per heavy atom. The molecule has 0 aromatic heterocycles. The minimum Gasteiger partial charge on any atom is -0.488 e. The molecule has 0 spiro atoms. The summed E-state index contributed by atoms with van der Waals surface area (Å²) in [5.41, 5.74) is 1.78. The Kier molecular flexibility index (Phi) is 5.08. The van der Waals surface area contributed by atoms with Gasteiger partial charge in [0.2, 0.25) is 0 Å². The smallest absolute Gasteiger partial charge is 0.299 e. The van der Waals surface area contributed by atoms with E-state index in [2.05, 4.69) is 11.8 Å². The molecule has 122 valence electrons. The molecule has 0 radical (unpaired) electrons. The second-order valence-corrected chi connectivity index (χ2v) is 6.14. The van der Waals surface area contributed by atoms with Crippen LogP contribution in [-0.2, 0) is 11.3 Å². The van der Waals surface area contributed by atoms with Crippen LogP contribution in [-0.4, -0.2) is 23.5 Å². The highest BCUT2D eigenvalue weighted by molar-refractivity contribution is 6.30. The van der Waals surface area contributed by atoms with E-state index in [0.717, 1.165) is 23.3 Å². The van der Waals surface area contributed by atoms with Crippen molar-refractivity contribution in [1.29, 1.82) is 0 Å². The number of ether oxygens (including phenoxy) is 1. The molecule has 24 heavy (non-hydrogen) atoms. The summed E-state index contributed by atoms with van der Waals surface area (Å²) in [7, 11) is 0. The van der Waals surface area contributed by atoms with Gasteiger partial charge in [0, 0.05) is 22.1 Å². The van der Waals surface area contributed by atoms with Crippen molar-refractivity contribution in [3.05, 3.63) is 64.7 Å². The molecule has 0 fully saturated rings. The lowest BCUT2D eigenvalue weighted by atomic mass is 10.2. The molecule has 0 saturated carbocycles. The van der Waals surface area contributed by atoms with E-state index in [9.17, 15) is 4.79 Å². The van der Waals surface area contributed by atoms with Gasteiger partial charge in [-0.1, -0.05) is 48.7 Å². The van der Waals surface area contributed by atoms with Crippen molar-refractivity contribution < 1.29 is 9.53 Å². The average Bonchev–Trinajstić information content (AvgIpc) is 2.79. The van der Waals surface area contributed by atoms with Gasteiger partial charge in [-0.25, -0.2) is 0 Å². The van der Waals surface area contributed by atoms with Crippen molar-refractivity contribution in [3.8, 4) is 17.6 Å². The summed E-state index contributed by atoms with van der Waals surface area (Å²) in [6, 6.07) is 15.0. The molecule has 4 heteroatoms. The first kappa shape index (κ1) is 16.4. The molecule has 0 aliphatic carbocycles. The number of halogens is 1. The molecule has 1 atom stereocenters. The summed E-state index contributed by atoms with van der Waals surface area (Å²) >= 11 is 6.05. The second-order valence-electron chi connectivity index (χ2n) is 5.70. The zero-order chi connectivity index (χ0) is 16.9. The molecule has 0 N–H and O–H groups in total. The first-order valence-corrected chi connectivity index (χ1v) is 8.34. The van der Waals surface area contributed by atoms with E-state index in [1.165, 1.54) is 0 Å². The third-order valence-corrected chi connectivity index (χ3v) is 4.17. The highest BCUT2D eigenvalue weighted by atomic mass is 35.5. The van der Waals surface area contributed by atoms with Gasteiger partial charge in [0.25, 0.3) is 5.91 Å². The number of fused-ring (bicyclic) bond motifs is 1. The van der Waals surface area contributed by atoms with Crippen molar-refractivity contribution in [1.82, 2.24) is 4.90 Å². The Morgan fingerprint density at radius 2 is 2.08 bits per heavy atom. The van der Waals surface area contributed by atoms with E-state index in [-0.39, 0.29) is 12.0 Å². The van der Waals surface area contributed by atoms with Gasteiger partial charge in [0.1, 0.15) is 11.9 Å². The van der Waals surface area contributed by atoms with E-state index in [1.54, 1.807) is 4.90 Å². The fraction of sp³-hybridized carbons (Fsp3) is 0.250. The van der Waals surface area contributed by atoms with Crippen molar-refractivity contribution in [2.45, 2.75) is 26.0 Å². The molecule has 1 unspecified atom stereocenters. The third-order valence-electron chi connectivity index (χ3n) is 3.94. The van der Waals surface area contributed by atoms with Gasteiger partial charge >= 0.3 is 0 Å². The Labute approximate surface area is 147 Å². The Morgan fingerprint density at radius 3 is 2.83 bits per heavy atom. The fourth-order valence-corrected chi connectivity index (χ4v) is 2.76. The van der Waals surface area contributed by atoms with Crippen LogP contribution in [0.1, 0.15) is 24.5 Å². The lowest BCUT2D eigenvalue weighted by Gasteiger charge is -2.21. The first-order valence-electron chi connectivity index (χ1n) is 7.96. The van der Waals surface area contributed by atoms with Crippen molar-refractivity contribution in [3.63, 3.8) is 0 Å². The van der Waals surface area contributed by atoms with Gasteiger partial charge in [-0.15, -0.1) is 0 Å². The fourth-order valence-electron chi connectivity index (χ4n) is 2.59. The zero-order valence-corrected chi connectivity index (χ0v) is 14.2. The molecule has 2 aromatic rings. The summed E-state index contributed by atoms with van der Waals surface area (Å²) in [5, 5.41) is 0.632. The molecule has 2 aromatic carbocycles. The van der Waals surface area contributed by atoms with Crippen LogP contribution >= 0.6 is 11.6 Å². The van der Waals surface area contributed by atoms with Crippen LogP contribution in [0.3, 0.4) is 0 Å². The summed E-state index contributed by atoms with van der Waals surface area (Å²) in [6.45, 7) is 3.04. The van der Waals surface area contributed by atoms with Crippen molar-refractivity contribution in [2.24, 2.45) is 0 Å². The standard InChI is InChI=1S/C20H18ClNO2/c1-2-18-14-22(13-16-9-10-17(21)12-19(16)24-18)20(23)11-8-15-6-4-3-5-7-15/h3-7,9-10,12,18H,2,13-14H2,1H3. The quantitative estimate of drug-likeness (QED) is 0.738. The highest BCUT2D eigenvalue weighted by Crippen LogP contribution is 2.29. The van der Waals surface area contributed by atoms with Crippen LogP contribution in [0.5, 0.6) is 5.75 Å². The van der Waals surface area contributed by atoms with Crippen LogP contribution < -0.4 is 4.74 Å². The molecule has 3 rings (SSSR count). The van der Waals surface area contributed by atoms with Gasteiger partial charge in [-0.3, -0.25) is 4.79 Å². The summed E-state index contributed by atoms with van der Waals surface area (Å²) in [5.74, 6) is 6.22. The van der Waals surface area contributed by atoms with Crippen LogP contribution in [0.4, 0.5) is 0 Å². The molecular weight excluding hydrogens is 322 g/mol. The van der Waals surface area contributed by atoms with Gasteiger partial charge < -0.3 is 9.64 Å². The van der Waals surface area contributed by atoms with Crippen LogP contribution in [0.2, 0.25) is 5.02 Å². The maximum absolute atomic E-state index is 12.5. The predicted octanol–water partition coefficient (Wildman–Crippen LogP) is 3.89. The van der Waals surface area contributed by atoms with Crippen LogP contribution in [0, 0.1) is 11.8 Å². The van der Waals surface area contributed by atoms with Crippen molar-refractivity contribution >= 4 is 17.5 Å². The predicted molar refractivity (Wildman–Crippen MR) is 94.9 cm³/mol. The summed E-state index contributed by atoms with van der Waals surface area (Å²) < 4.78 is 6.00. The average molecular weight is 340 g/mol. The number of hydrogen-bond acceptors (Lipinski definition) is 2. The molecule has 1 aliphatic rings. The number of rotatable bonds is 1. The first-order chi connectivity index (χ1) is 11.7. The lowest BCUT2D eigenvalue weighted by Crippen LogP contribution is -2.36. The van der Waals surface area contributed by atoms with Crippen molar-refractivity contribution in [2.75, 3.05) is 6.54 Å². The number of amides is 1. The highest BCUT2D eigenvalue weighted by Gasteiger charge is 2.24. The van der Waals surface area contributed by atoms with E-state index >= 15 is 0 Å². The van der Waals surface area contributed by atoms with Gasteiger partial charge in [0.05, 0.1) is 13.1 Å². The summed E-state index contributed by atoms with van der Waals surface area (Å²) in [4.78, 5) is 14.3. The molecule has 0 saturated heterocycles. The SMILES string of the molecule is CCC1CN(C(=O)C#Cc2ccccc2)Cc2ccc(Cl)cc2O1. The third kappa shape index (κ3) is 3.90. The number of hydrogen-bond donors (Lipinski definition) is 0. The Bertz CT molecular complexity index is 792. The molecule has 1 aliphatic heterocycles. The van der Waals surface area contributed by atoms with Gasteiger partial charge in [-0.05, 0) is 30.7 Å². The van der Waals surface area contributed by atoms with Gasteiger partial charge in [-0.2, -0.15) is 0 Å². The lowest BCUT2D eigenvalue weighted by molar-refractivity contribution is -0.126. The van der Waals surface area contributed by atoms with Gasteiger partial charge in [0.15, 0.2) is 0 Å². The van der Waals surface area contributed by atoms with E-state index < -0.39 is 0 Å². The maximum atomic E-state index is 12.5. The molecule has 0 bridgehead atoms. The van der Waals surface area contributed by atoms with Crippen LogP contribution in [0.15, 0.2) is 48.5 Å². The molecular formula is C20H18ClNO2. The number of carbonyl (C=O) groups excluding carboxylic acids is 1. The normalized spacial score (nSPS) is 16.2. The summed E-state index contributed by atoms with van der Waals surface area (Å²) in [6.07, 6.45) is 0.745. The minimum atomic E-state index is -0.191. The minimum absolute atomic E-state index is 0.0628. The zero-order valence-electron chi connectivity index (χ0n) is 13.5.